The second-order valence-electron chi connectivity index (χ2n) is 2.90. The Morgan fingerprint density at radius 2 is 1.89 bits per heavy atom. The molecule has 0 aliphatic carbocycles. The van der Waals surface area contributed by atoms with Crippen LogP contribution in [-0.4, -0.2) is 16.4 Å². The molecule has 0 radical (unpaired) electrons. The van der Waals surface area contributed by atoms with Gasteiger partial charge in [-0.3, -0.25) is 0 Å². The lowest BCUT2D eigenvalue weighted by molar-refractivity contribution is -0.195. The predicted octanol–water partition coefficient (Wildman–Crippen LogP) is 1.32. The molecule has 0 saturated carbocycles. The average Bonchev–Trinajstić information content (AvgIpc) is 1.65. The van der Waals surface area contributed by atoms with Crippen LogP contribution in [0.2, 0.25) is 0 Å². The van der Waals surface area contributed by atoms with Crippen molar-refractivity contribution >= 4 is 17.6 Å². The monoisotopic (exact) mass is 148 g/mol. The molecule has 1 fully saturated rings. The third-order valence-electron chi connectivity index (χ3n) is 1.86. The second-order valence-corrected chi connectivity index (χ2v) is 3.66. The number of halogens is 1. The van der Waals surface area contributed by atoms with Crippen molar-refractivity contribution in [3.63, 3.8) is 0 Å². The molecule has 1 heterocycles. The highest BCUT2D eigenvalue weighted by atomic mass is 35.5. The molecular formula is C6H9ClO2. The van der Waals surface area contributed by atoms with E-state index in [0.29, 0.717) is 0 Å². The van der Waals surface area contributed by atoms with Crippen LogP contribution in [0.1, 0.15) is 20.8 Å². The van der Waals surface area contributed by atoms with E-state index in [2.05, 4.69) is 0 Å². The Morgan fingerprint density at radius 3 is 1.89 bits per heavy atom. The standard InChI is InChI=1S/C6H9ClO2/c1-5(2)6(3,7)4(8)9-5/h1-3H3/t6-/m0/s1. The van der Waals surface area contributed by atoms with Gasteiger partial charge in [-0.1, -0.05) is 0 Å². The van der Waals surface area contributed by atoms with Crippen molar-refractivity contribution in [1.29, 1.82) is 0 Å². The van der Waals surface area contributed by atoms with Gasteiger partial charge in [-0.05, 0) is 20.8 Å². The molecule has 9 heavy (non-hydrogen) atoms. The SMILES string of the molecule is CC1(C)OC(=O)[C@]1(C)Cl. The maximum absolute atomic E-state index is 10.6. The van der Waals surface area contributed by atoms with E-state index in [1.54, 1.807) is 20.8 Å². The highest BCUT2D eigenvalue weighted by molar-refractivity contribution is 6.36. The topological polar surface area (TPSA) is 26.3 Å². The van der Waals surface area contributed by atoms with Crippen LogP contribution >= 0.6 is 11.6 Å². The molecule has 0 bridgehead atoms. The lowest BCUT2D eigenvalue weighted by atomic mass is 9.86. The number of ether oxygens (including phenoxy) is 1. The van der Waals surface area contributed by atoms with E-state index in [0.717, 1.165) is 0 Å². The molecule has 0 amide bonds. The quantitative estimate of drug-likeness (QED) is 0.383. The molecule has 52 valence electrons. The van der Waals surface area contributed by atoms with Crippen molar-refractivity contribution in [2.24, 2.45) is 0 Å². The minimum Gasteiger partial charge on any atom is -0.456 e. The van der Waals surface area contributed by atoms with E-state index < -0.39 is 10.5 Å². The fourth-order valence-electron chi connectivity index (χ4n) is 0.623. The van der Waals surface area contributed by atoms with Gasteiger partial charge in [-0.25, -0.2) is 4.79 Å². The highest BCUT2D eigenvalue weighted by Gasteiger charge is 2.59. The molecular weight excluding hydrogens is 140 g/mol. The van der Waals surface area contributed by atoms with Gasteiger partial charge in [-0.15, -0.1) is 11.6 Å². The summed E-state index contributed by atoms with van der Waals surface area (Å²) in [4.78, 5) is 9.80. The van der Waals surface area contributed by atoms with Gasteiger partial charge in [-0.2, -0.15) is 0 Å². The zero-order valence-corrected chi connectivity index (χ0v) is 6.45. The summed E-state index contributed by atoms with van der Waals surface area (Å²) in [6.45, 7) is 5.25. The first-order valence-corrected chi connectivity index (χ1v) is 3.18. The summed E-state index contributed by atoms with van der Waals surface area (Å²) in [6, 6.07) is 0. The summed E-state index contributed by atoms with van der Waals surface area (Å²) in [5.41, 5.74) is -0.494. The van der Waals surface area contributed by atoms with E-state index in [1.165, 1.54) is 0 Å². The zero-order valence-electron chi connectivity index (χ0n) is 5.69. The van der Waals surface area contributed by atoms with Crippen molar-refractivity contribution < 1.29 is 9.53 Å². The van der Waals surface area contributed by atoms with Crippen molar-refractivity contribution in [3.05, 3.63) is 0 Å². The molecule has 0 aromatic heterocycles. The molecule has 0 aromatic rings. The lowest BCUT2D eigenvalue weighted by Crippen LogP contribution is -2.63. The lowest BCUT2D eigenvalue weighted by Gasteiger charge is -2.46. The Kier molecular flexibility index (Phi) is 1.09. The summed E-state index contributed by atoms with van der Waals surface area (Å²) >= 11 is 5.77. The van der Waals surface area contributed by atoms with Crippen LogP contribution in [0, 0.1) is 0 Å². The normalized spacial score (nSPS) is 39.3. The number of carbonyl (C=O) groups is 1. The van der Waals surface area contributed by atoms with Crippen molar-refractivity contribution in [3.8, 4) is 0 Å². The van der Waals surface area contributed by atoms with Crippen molar-refractivity contribution in [1.82, 2.24) is 0 Å². The first-order chi connectivity index (χ1) is 3.88. The van der Waals surface area contributed by atoms with E-state index in [1.807, 2.05) is 0 Å². The van der Waals surface area contributed by atoms with Gasteiger partial charge < -0.3 is 4.74 Å². The number of rotatable bonds is 0. The van der Waals surface area contributed by atoms with Gasteiger partial charge in [0.25, 0.3) is 0 Å². The van der Waals surface area contributed by atoms with E-state index in [4.69, 9.17) is 16.3 Å². The van der Waals surface area contributed by atoms with Crippen LogP contribution in [0.4, 0.5) is 0 Å². The number of carbonyl (C=O) groups excluding carboxylic acids is 1. The summed E-state index contributed by atoms with van der Waals surface area (Å²) in [5.74, 6) is -0.325. The fourth-order valence-corrected chi connectivity index (χ4v) is 0.700. The first kappa shape index (κ1) is 6.87. The van der Waals surface area contributed by atoms with Crippen LogP contribution in [0.3, 0.4) is 0 Å². The number of esters is 1. The first-order valence-electron chi connectivity index (χ1n) is 2.80. The molecule has 0 N–H and O–H groups in total. The third kappa shape index (κ3) is 0.659. The second kappa shape index (κ2) is 1.43. The van der Waals surface area contributed by atoms with Crippen LogP contribution in [0.15, 0.2) is 0 Å². The van der Waals surface area contributed by atoms with Crippen molar-refractivity contribution in [2.45, 2.75) is 31.2 Å². The fraction of sp³-hybridized carbons (Fsp3) is 0.833. The largest absolute Gasteiger partial charge is 0.456 e. The summed E-state index contributed by atoms with van der Waals surface area (Å²) < 4.78 is 4.77. The van der Waals surface area contributed by atoms with Gasteiger partial charge >= 0.3 is 5.97 Å². The molecule has 1 aliphatic rings. The van der Waals surface area contributed by atoms with Gasteiger partial charge in [0.1, 0.15) is 5.60 Å². The minimum atomic E-state index is -0.812. The molecule has 2 nitrogen and oxygen atoms in total. The maximum Gasteiger partial charge on any atom is 0.331 e. The van der Waals surface area contributed by atoms with E-state index in [-0.39, 0.29) is 5.97 Å². The Bertz CT molecular complexity index is 160. The van der Waals surface area contributed by atoms with Crippen LogP contribution in [0.5, 0.6) is 0 Å². The van der Waals surface area contributed by atoms with Gasteiger partial charge in [0.05, 0.1) is 0 Å². The Balaban J connectivity index is 2.82. The third-order valence-corrected chi connectivity index (χ3v) is 2.47. The Morgan fingerprint density at radius 1 is 1.44 bits per heavy atom. The Hall–Kier alpha value is -0.240. The number of cyclic esters (lactones) is 1. The van der Waals surface area contributed by atoms with Crippen molar-refractivity contribution in [2.75, 3.05) is 0 Å². The molecule has 1 aliphatic heterocycles. The number of hydrogen-bond acceptors (Lipinski definition) is 2. The minimum absolute atomic E-state index is 0.325. The van der Waals surface area contributed by atoms with Crippen LogP contribution in [0.25, 0.3) is 0 Å². The van der Waals surface area contributed by atoms with E-state index in [9.17, 15) is 4.79 Å². The van der Waals surface area contributed by atoms with E-state index >= 15 is 0 Å². The summed E-state index contributed by atoms with van der Waals surface area (Å²) in [5, 5.41) is 0. The summed E-state index contributed by atoms with van der Waals surface area (Å²) in [6.07, 6.45) is 0. The molecule has 1 saturated heterocycles. The molecule has 0 unspecified atom stereocenters. The van der Waals surface area contributed by atoms with Crippen LogP contribution in [-0.2, 0) is 9.53 Å². The number of alkyl halides is 1. The van der Waals surface area contributed by atoms with Gasteiger partial charge in [0.2, 0.25) is 0 Å². The Labute approximate surface area is 59.1 Å². The number of hydrogen-bond donors (Lipinski definition) is 0. The molecule has 3 heteroatoms. The van der Waals surface area contributed by atoms with Gasteiger partial charge in [0, 0.05) is 0 Å². The molecule has 0 spiro atoms. The predicted molar refractivity (Wildman–Crippen MR) is 34.4 cm³/mol. The molecule has 1 rings (SSSR count). The van der Waals surface area contributed by atoms with Gasteiger partial charge in [0.15, 0.2) is 4.87 Å². The molecule has 1 atom stereocenters. The molecule has 0 aromatic carbocycles. The highest BCUT2D eigenvalue weighted by Crippen LogP contribution is 2.42. The smallest absolute Gasteiger partial charge is 0.331 e. The average molecular weight is 149 g/mol. The maximum atomic E-state index is 10.6. The zero-order chi connectivity index (χ0) is 7.28. The summed E-state index contributed by atoms with van der Waals surface area (Å²) in [7, 11) is 0. The van der Waals surface area contributed by atoms with Crippen LogP contribution < -0.4 is 0 Å².